The highest BCUT2D eigenvalue weighted by atomic mass is 79.9. The molecule has 0 aliphatic rings. The van der Waals surface area contributed by atoms with Crippen molar-refractivity contribution in [2.75, 3.05) is 7.11 Å². The zero-order chi connectivity index (χ0) is 14.6. The van der Waals surface area contributed by atoms with Gasteiger partial charge in [-0.25, -0.2) is 0 Å². The van der Waals surface area contributed by atoms with E-state index in [4.69, 9.17) is 4.74 Å². The summed E-state index contributed by atoms with van der Waals surface area (Å²) in [7, 11) is 1.68. The average Bonchev–Trinajstić information content (AvgIpc) is 2.46. The van der Waals surface area contributed by atoms with Gasteiger partial charge in [0.25, 0.3) is 0 Å². The van der Waals surface area contributed by atoms with Crippen molar-refractivity contribution in [2.45, 2.75) is 25.9 Å². The predicted octanol–water partition coefficient (Wildman–Crippen LogP) is 4.48. The van der Waals surface area contributed by atoms with E-state index >= 15 is 0 Å². The lowest BCUT2D eigenvalue weighted by Crippen LogP contribution is -2.35. The molecule has 0 aliphatic heterocycles. The van der Waals surface area contributed by atoms with Gasteiger partial charge in [0.1, 0.15) is 5.75 Å². The van der Waals surface area contributed by atoms with E-state index in [1.807, 2.05) is 12.1 Å². The van der Waals surface area contributed by atoms with Crippen molar-refractivity contribution in [1.29, 1.82) is 0 Å². The van der Waals surface area contributed by atoms with Crippen molar-refractivity contribution in [2.24, 2.45) is 0 Å². The first-order valence-electron chi connectivity index (χ1n) is 6.65. The normalized spacial score (nSPS) is 11.4. The Hall–Kier alpha value is -1.32. The molecule has 0 fully saturated rings. The molecule has 106 valence electrons. The highest BCUT2D eigenvalue weighted by Gasteiger charge is 2.19. The summed E-state index contributed by atoms with van der Waals surface area (Å²) in [5.41, 5.74) is 2.45. The van der Waals surface area contributed by atoms with Crippen molar-refractivity contribution in [3.05, 3.63) is 64.1 Å². The molecule has 0 radical (unpaired) electrons. The van der Waals surface area contributed by atoms with Crippen LogP contribution in [0.3, 0.4) is 0 Å². The highest BCUT2D eigenvalue weighted by Crippen LogP contribution is 2.23. The number of halogens is 1. The van der Waals surface area contributed by atoms with Crippen molar-refractivity contribution < 1.29 is 4.74 Å². The lowest BCUT2D eigenvalue weighted by Gasteiger charge is -2.27. The van der Waals surface area contributed by atoms with E-state index in [2.05, 4.69) is 71.5 Å². The van der Waals surface area contributed by atoms with Gasteiger partial charge in [-0.1, -0.05) is 40.2 Å². The molecule has 0 bridgehead atoms. The molecule has 0 unspecified atom stereocenters. The number of methoxy groups -OCH3 is 1. The Morgan fingerprint density at radius 2 is 1.60 bits per heavy atom. The maximum Gasteiger partial charge on any atom is 0.118 e. The zero-order valence-electron chi connectivity index (χ0n) is 12.1. The fraction of sp³-hybridized carbons (Fsp3) is 0.294. The van der Waals surface area contributed by atoms with Crippen LogP contribution in [0, 0.1) is 0 Å². The van der Waals surface area contributed by atoms with E-state index in [9.17, 15) is 0 Å². The third-order valence-electron chi connectivity index (χ3n) is 3.46. The Morgan fingerprint density at radius 3 is 2.15 bits per heavy atom. The Morgan fingerprint density at radius 1 is 1.00 bits per heavy atom. The van der Waals surface area contributed by atoms with Crippen LogP contribution in [0.1, 0.15) is 25.0 Å². The van der Waals surface area contributed by atoms with Gasteiger partial charge >= 0.3 is 0 Å². The van der Waals surface area contributed by atoms with Crippen LogP contribution in [-0.4, -0.2) is 7.11 Å². The van der Waals surface area contributed by atoms with Crippen LogP contribution < -0.4 is 10.1 Å². The minimum atomic E-state index is -0.0688. The molecule has 0 heterocycles. The lowest BCUT2D eigenvalue weighted by molar-refractivity contribution is 0.400. The molecule has 0 amide bonds. The van der Waals surface area contributed by atoms with Gasteiger partial charge in [-0.15, -0.1) is 0 Å². The van der Waals surface area contributed by atoms with Crippen molar-refractivity contribution in [1.82, 2.24) is 5.32 Å². The Balaban J connectivity index is 2.02. The van der Waals surface area contributed by atoms with E-state index in [0.717, 1.165) is 16.8 Å². The Kier molecular flexibility index (Phi) is 4.84. The second-order valence-corrected chi connectivity index (χ2v) is 6.25. The molecule has 3 heteroatoms. The molecule has 0 atom stereocenters. The molecule has 1 N–H and O–H groups in total. The van der Waals surface area contributed by atoms with Crippen molar-refractivity contribution >= 4 is 15.9 Å². The van der Waals surface area contributed by atoms with E-state index in [-0.39, 0.29) is 5.54 Å². The Bertz CT molecular complexity index is 546. The number of rotatable bonds is 5. The minimum Gasteiger partial charge on any atom is -0.497 e. The first-order valence-corrected chi connectivity index (χ1v) is 7.44. The van der Waals surface area contributed by atoms with E-state index in [1.54, 1.807) is 7.11 Å². The molecule has 0 saturated heterocycles. The fourth-order valence-electron chi connectivity index (χ4n) is 2.04. The third-order valence-corrected chi connectivity index (χ3v) is 3.99. The molecular weight excluding hydrogens is 314 g/mol. The maximum absolute atomic E-state index is 5.17. The summed E-state index contributed by atoms with van der Waals surface area (Å²) in [5.74, 6) is 0.890. The number of hydrogen-bond donors (Lipinski definition) is 1. The van der Waals surface area contributed by atoms with Crippen LogP contribution in [0.15, 0.2) is 53.0 Å². The smallest absolute Gasteiger partial charge is 0.118 e. The molecule has 0 saturated carbocycles. The van der Waals surface area contributed by atoms with E-state index in [0.29, 0.717) is 0 Å². The molecule has 2 rings (SSSR count). The van der Waals surface area contributed by atoms with E-state index < -0.39 is 0 Å². The second-order valence-electron chi connectivity index (χ2n) is 5.33. The van der Waals surface area contributed by atoms with Crippen LogP contribution in [0.4, 0.5) is 0 Å². The largest absolute Gasteiger partial charge is 0.497 e. The SMILES string of the molecule is COc1ccc(CNC(C)(C)c2ccc(Br)cc2)cc1. The summed E-state index contributed by atoms with van der Waals surface area (Å²) < 4.78 is 6.27. The number of ether oxygens (including phenoxy) is 1. The van der Waals surface area contributed by atoms with Gasteiger partial charge in [-0.3, -0.25) is 0 Å². The first kappa shape index (κ1) is 15.1. The molecule has 0 aromatic heterocycles. The number of benzene rings is 2. The van der Waals surface area contributed by atoms with Crippen LogP contribution in [-0.2, 0) is 12.1 Å². The Labute approximate surface area is 129 Å². The third kappa shape index (κ3) is 3.84. The van der Waals surface area contributed by atoms with Gasteiger partial charge in [-0.2, -0.15) is 0 Å². The minimum absolute atomic E-state index is 0.0688. The highest BCUT2D eigenvalue weighted by molar-refractivity contribution is 9.10. The molecule has 2 aromatic rings. The summed E-state index contributed by atoms with van der Waals surface area (Å²) in [4.78, 5) is 0. The first-order chi connectivity index (χ1) is 9.51. The molecule has 0 spiro atoms. The summed E-state index contributed by atoms with van der Waals surface area (Å²) in [6, 6.07) is 16.6. The summed E-state index contributed by atoms with van der Waals surface area (Å²) in [5, 5.41) is 3.59. The van der Waals surface area contributed by atoms with Crippen molar-refractivity contribution in [3.8, 4) is 5.75 Å². The standard InChI is InChI=1S/C17H20BrNO/c1-17(2,14-6-8-15(18)9-7-14)19-12-13-4-10-16(20-3)11-5-13/h4-11,19H,12H2,1-3H3. The number of nitrogens with one attached hydrogen (secondary N) is 1. The van der Waals surface area contributed by atoms with Gasteiger partial charge in [0.05, 0.1) is 7.11 Å². The molecule has 2 aromatic carbocycles. The van der Waals surface area contributed by atoms with Crippen LogP contribution in [0.25, 0.3) is 0 Å². The summed E-state index contributed by atoms with van der Waals surface area (Å²) >= 11 is 3.47. The van der Waals surface area contributed by atoms with Gasteiger partial charge in [0.15, 0.2) is 0 Å². The van der Waals surface area contributed by atoms with Gasteiger partial charge in [0.2, 0.25) is 0 Å². The van der Waals surface area contributed by atoms with Gasteiger partial charge < -0.3 is 10.1 Å². The molecule has 0 aliphatic carbocycles. The zero-order valence-corrected chi connectivity index (χ0v) is 13.7. The molecule has 2 nitrogen and oxygen atoms in total. The maximum atomic E-state index is 5.17. The number of hydrogen-bond acceptors (Lipinski definition) is 2. The summed E-state index contributed by atoms with van der Waals surface area (Å²) in [6.45, 7) is 5.21. The van der Waals surface area contributed by atoms with Crippen LogP contribution in [0.5, 0.6) is 5.75 Å². The predicted molar refractivity (Wildman–Crippen MR) is 87.0 cm³/mol. The molecular formula is C17H20BrNO. The summed E-state index contributed by atoms with van der Waals surface area (Å²) in [6.07, 6.45) is 0. The fourth-order valence-corrected chi connectivity index (χ4v) is 2.30. The quantitative estimate of drug-likeness (QED) is 0.870. The monoisotopic (exact) mass is 333 g/mol. The second kappa shape index (κ2) is 6.42. The molecule has 20 heavy (non-hydrogen) atoms. The average molecular weight is 334 g/mol. The van der Waals surface area contributed by atoms with E-state index in [1.165, 1.54) is 11.1 Å². The van der Waals surface area contributed by atoms with Gasteiger partial charge in [0, 0.05) is 16.6 Å². The lowest BCUT2D eigenvalue weighted by atomic mass is 9.94. The van der Waals surface area contributed by atoms with Crippen molar-refractivity contribution in [3.63, 3.8) is 0 Å². The van der Waals surface area contributed by atoms with Gasteiger partial charge in [-0.05, 0) is 49.2 Å². The topological polar surface area (TPSA) is 21.3 Å². The van der Waals surface area contributed by atoms with Crippen LogP contribution >= 0.6 is 15.9 Å². The van der Waals surface area contributed by atoms with Crippen LogP contribution in [0.2, 0.25) is 0 Å².